The predicted molar refractivity (Wildman–Crippen MR) is 95.3 cm³/mol. The van der Waals surface area contributed by atoms with Crippen LogP contribution in [0.4, 0.5) is 5.69 Å². The number of nitrogen functional groups attached to an aromatic ring is 1. The van der Waals surface area contributed by atoms with Gasteiger partial charge in [0.25, 0.3) is 0 Å². The van der Waals surface area contributed by atoms with Crippen LogP contribution in [0.15, 0.2) is 24.3 Å². The summed E-state index contributed by atoms with van der Waals surface area (Å²) in [6.07, 6.45) is 7.89. The van der Waals surface area contributed by atoms with E-state index in [0.717, 1.165) is 37.9 Å². The molecule has 1 amide bonds. The van der Waals surface area contributed by atoms with E-state index in [-0.39, 0.29) is 5.91 Å². The molecule has 1 aromatic carbocycles. The van der Waals surface area contributed by atoms with Crippen LogP contribution in [0.3, 0.4) is 0 Å². The van der Waals surface area contributed by atoms with Crippen molar-refractivity contribution < 1.29 is 9.53 Å². The Morgan fingerprint density at radius 1 is 1.48 bits per heavy atom. The maximum atomic E-state index is 12.2. The van der Waals surface area contributed by atoms with E-state index in [1.54, 1.807) is 6.08 Å². The molecule has 0 aromatic heterocycles. The molecule has 4 nitrogen and oxygen atoms in total. The van der Waals surface area contributed by atoms with Gasteiger partial charge in [-0.15, -0.1) is 0 Å². The molecule has 4 heteroatoms. The smallest absolute Gasteiger partial charge is 0.246 e. The number of anilines is 1. The van der Waals surface area contributed by atoms with Gasteiger partial charge in [-0.3, -0.25) is 4.79 Å². The number of amides is 1. The first-order chi connectivity index (χ1) is 11.1. The number of hydrogen-bond acceptors (Lipinski definition) is 3. The summed E-state index contributed by atoms with van der Waals surface area (Å²) in [4.78, 5) is 14.2. The van der Waals surface area contributed by atoms with E-state index >= 15 is 0 Å². The summed E-state index contributed by atoms with van der Waals surface area (Å²) in [5, 5.41) is 0. The number of likely N-dealkylation sites (tertiary alicyclic amines) is 1. The molecule has 0 spiro atoms. The van der Waals surface area contributed by atoms with Gasteiger partial charge in [-0.05, 0) is 49.0 Å². The molecule has 23 heavy (non-hydrogen) atoms. The summed E-state index contributed by atoms with van der Waals surface area (Å²) in [7, 11) is 0. The van der Waals surface area contributed by atoms with E-state index in [2.05, 4.69) is 13.8 Å². The molecular formula is C19H28N2O2. The van der Waals surface area contributed by atoms with Crippen molar-refractivity contribution in [1.29, 1.82) is 0 Å². The number of nitrogens with zero attached hydrogens (tertiary/aromatic N) is 1. The summed E-state index contributed by atoms with van der Waals surface area (Å²) in [6, 6.07) is 5.66. The maximum Gasteiger partial charge on any atom is 0.246 e. The second kappa shape index (κ2) is 8.61. The van der Waals surface area contributed by atoms with Crippen molar-refractivity contribution in [2.24, 2.45) is 5.92 Å². The standard InChI is InChI=1S/C19H28N2O2/c1-3-4-12-23-18-9-7-16(13-17(18)20)8-10-19(22)21-11-5-6-15(2)14-21/h7-10,13,15H,3-6,11-12,14,20H2,1-2H3/b10-8-. The van der Waals surface area contributed by atoms with Crippen LogP contribution in [0.5, 0.6) is 5.75 Å². The molecule has 1 atom stereocenters. The summed E-state index contributed by atoms with van der Waals surface area (Å²) in [6.45, 7) is 6.72. The van der Waals surface area contributed by atoms with Gasteiger partial charge in [-0.1, -0.05) is 26.3 Å². The van der Waals surface area contributed by atoms with Crippen molar-refractivity contribution in [2.45, 2.75) is 39.5 Å². The van der Waals surface area contributed by atoms with E-state index in [0.29, 0.717) is 24.0 Å². The lowest BCUT2D eigenvalue weighted by molar-refractivity contribution is -0.127. The van der Waals surface area contributed by atoms with Gasteiger partial charge in [-0.25, -0.2) is 0 Å². The third-order valence-corrected chi connectivity index (χ3v) is 4.18. The van der Waals surface area contributed by atoms with Gasteiger partial charge in [-0.2, -0.15) is 0 Å². The van der Waals surface area contributed by atoms with Crippen LogP contribution in [-0.2, 0) is 4.79 Å². The van der Waals surface area contributed by atoms with Gasteiger partial charge >= 0.3 is 0 Å². The number of unbranched alkanes of at least 4 members (excludes halogenated alkanes) is 1. The summed E-state index contributed by atoms with van der Waals surface area (Å²) in [5.74, 6) is 1.39. The van der Waals surface area contributed by atoms with E-state index in [4.69, 9.17) is 10.5 Å². The zero-order valence-corrected chi connectivity index (χ0v) is 14.3. The number of carbonyl (C=O) groups excluding carboxylic acids is 1. The van der Waals surface area contributed by atoms with Crippen LogP contribution < -0.4 is 10.5 Å². The Balaban J connectivity index is 1.94. The SMILES string of the molecule is CCCCOc1ccc(/C=C\C(=O)N2CCCC(C)C2)cc1N. The molecule has 1 heterocycles. The number of hydrogen-bond donors (Lipinski definition) is 1. The molecule has 126 valence electrons. The summed E-state index contributed by atoms with van der Waals surface area (Å²) < 4.78 is 5.64. The maximum absolute atomic E-state index is 12.2. The lowest BCUT2D eigenvalue weighted by Gasteiger charge is -2.30. The van der Waals surface area contributed by atoms with Crippen molar-refractivity contribution in [3.8, 4) is 5.75 Å². The van der Waals surface area contributed by atoms with Gasteiger partial charge in [0.1, 0.15) is 5.75 Å². The molecule has 2 N–H and O–H groups in total. The Labute approximate surface area is 139 Å². The van der Waals surface area contributed by atoms with Crippen LogP contribution in [0.2, 0.25) is 0 Å². The Morgan fingerprint density at radius 3 is 3.00 bits per heavy atom. The average molecular weight is 316 g/mol. The predicted octanol–water partition coefficient (Wildman–Crippen LogP) is 3.72. The van der Waals surface area contributed by atoms with E-state index < -0.39 is 0 Å². The monoisotopic (exact) mass is 316 g/mol. The topological polar surface area (TPSA) is 55.6 Å². The lowest BCUT2D eigenvalue weighted by atomic mass is 10.0. The van der Waals surface area contributed by atoms with Crippen LogP contribution >= 0.6 is 0 Å². The van der Waals surface area contributed by atoms with E-state index in [1.807, 2.05) is 29.2 Å². The fraction of sp³-hybridized carbons (Fsp3) is 0.526. The minimum absolute atomic E-state index is 0.0818. The molecule has 2 rings (SSSR count). The van der Waals surface area contributed by atoms with E-state index in [9.17, 15) is 4.79 Å². The number of carbonyl (C=O) groups is 1. The lowest BCUT2D eigenvalue weighted by Crippen LogP contribution is -2.38. The van der Waals surface area contributed by atoms with Gasteiger partial charge in [0.15, 0.2) is 0 Å². The van der Waals surface area contributed by atoms with Crippen molar-refractivity contribution in [3.63, 3.8) is 0 Å². The third-order valence-electron chi connectivity index (χ3n) is 4.18. The van der Waals surface area contributed by atoms with Crippen molar-refractivity contribution >= 4 is 17.7 Å². The van der Waals surface area contributed by atoms with Crippen LogP contribution in [0.25, 0.3) is 6.08 Å². The molecule has 1 saturated heterocycles. The molecule has 0 saturated carbocycles. The zero-order valence-electron chi connectivity index (χ0n) is 14.3. The average Bonchev–Trinajstić information content (AvgIpc) is 2.54. The number of nitrogens with two attached hydrogens (primary N) is 1. The molecule has 0 bridgehead atoms. The summed E-state index contributed by atoms with van der Waals surface area (Å²) >= 11 is 0. The zero-order chi connectivity index (χ0) is 16.7. The van der Waals surface area contributed by atoms with Gasteiger partial charge < -0.3 is 15.4 Å². The first-order valence-electron chi connectivity index (χ1n) is 8.59. The molecule has 1 fully saturated rings. The minimum atomic E-state index is 0.0818. The molecule has 0 aliphatic carbocycles. The molecule has 1 aliphatic heterocycles. The van der Waals surface area contributed by atoms with Crippen molar-refractivity contribution in [1.82, 2.24) is 4.90 Å². The van der Waals surface area contributed by atoms with Gasteiger partial charge in [0.2, 0.25) is 5.91 Å². The van der Waals surface area contributed by atoms with Crippen LogP contribution in [0, 0.1) is 5.92 Å². The van der Waals surface area contributed by atoms with Gasteiger partial charge in [0, 0.05) is 19.2 Å². The molecule has 0 radical (unpaired) electrons. The fourth-order valence-electron chi connectivity index (χ4n) is 2.79. The third kappa shape index (κ3) is 5.31. The van der Waals surface area contributed by atoms with Crippen LogP contribution in [0.1, 0.15) is 45.1 Å². The van der Waals surface area contributed by atoms with Crippen LogP contribution in [-0.4, -0.2) is 30.5 Å². The Bertz CT molecular complexity index is 554. The van der Waals surface area contributed by atoms with Gasteiger partial charge in [0.05, 0.1) is 12.3 Å². The van der Waals surface area contributed by atoms with Crippen molar-refractivity contribution in [3.05, 3.63) is 29.8 Å². The first-order valence-corrected chi connectivity index (χ1v) is 8.59. The quantitative estimate of drug-likeness (QED) is 0.494. The first kappa shape index (κ1) is 17.4. The van der Waals surface area contributed by atoms with E-state index in [1.165, 1.54) is 6.42 Å². The highest BCUT2D eigenvalue weighted by molar-refractivity contribution is 5.92. The largest absolute Gasteiger partial charge is 0.491 e. The molecule has 1 unspecified atom stereocenters. The Kier molecular flexibility index (Phi) is 6.51. The number of piperidine rings is 1. The minimum Gasteiger partial charge on any atom is -0.491 e. The fourth-order valence-corrected chi connectivity index (χ4v) is 2.79. The Morgan fingerprint density at radius 2 is 2.30 bits per heavy atom. The molecule has 1 aromatic rings. The number of benzene rings is 1. The second-order valence-electron chi connectivity index (χ2n) is 6.36. The normalized spacial score (nSPS) is 18.3. The Hall–Kier alpha value is -1.97. The number of rotatable bonds is 6. The highest BCUT2D eigenvalue weighted by atomic mass is 16.5. The molecular weight excluding hydrogens is 288 g/mol. The second-order valence-corrected chi connectivity index (χ2v) is 6.36. The highest BCUT2D eigenvalue weighted by Crippen LogP contribution is 2.23. The highest BCUT2D eigenvalue weighted by Gasteiger charge is 2.18. The number of ether oxygens (including phenoxy) is 1. The molecule has 1 aliphatic rings. The summed E-state index contributed by atoms with van der Waals surface area (Å²) in [5.41, 5.74) is 7.55. The van der Waals surface area contributed by atoms with Crippen molar-refractivity contribution in [2.75, 3.05) is 25.4 Å².